The molecule has 0 saturated carbocycles. The first kappa shape index (κ1) is 18.4. The fourth-order valence-corrected chi connectivity index (χ4v) is 2.92. The lowest BCUT2D eigenvalue weighted by atomic mass is 10.2. The van der Waals surface area contributed by atoms with Crippen molar-refractivity contribution in [2.75, 3.05) is 5.32 Å². The van der Waals surface area contributed by atoms with E-state index in [-0.39, 0.29) is 5.57 Å². The van der Waals surface area contributed by atoms with E-state index in [0.29, 0.717) is 21.7 Å². The number of aryl methyl sites for hydroxylation is 2. The van der Waals surface area contributed by atoms with Gasteiger partial charge in [-0.2, -0.15) is 5.26 Å². The molecule has 0 aliphatic rings. The second-order valence-electron chi connectivity index (χ2n) is 5.73. The van der Waals surface area contributed by atoms with Crippen molar-refractivity contribution < 1.29 is 9.21 Å². The Morgan fingerprint density at radius 3 is 2.67 bits per heavy atom. The molecule has 0 saturated heterocycles. The molecule has 0 aliphatic heterocycles. The molecule has 0 spiro atoms. The van der Waals surface area contributed by atoms with Crippen molar-refractivity contribution in [1.29, 1.82) is 5.26 Å². The van der Waals surface area contributed by atoms with Crippen molar-refractivity contribution >= 4 is 29.4 Å². The van der Waals surface area contributed by atoms with Crippen LogP contribution in [0.3, 0.4) is 0 Å². The number of nitrogens with zero attached hydrogens (tertiary/aromatic N) is 3. The molecule has 0 bridgehead atoms. The summed E-state index contributed by atoms with van der Waals surface area (Å²) in [6, 6.07) is 14.5. The first-order chi connectivity index (χ1) is 13.0. The number of carbonyl (C=O) groups is 1. The van der Waals surface area contributed by atoms with Crippen molar-refractivity contribution in [1.82, 2.24) is 9.97 Å². The van der Waals surface area contributed by atoms with Crippen molar-refractivity contribution in [2.24, 2.45) is 0 Å². The minimum Gasteiger partial charge on any atom is -0.450 e. The van der Waals surface area contributed by atoms with E-state index in [1.165, 1.54) is 17.8 Å². The van der Waals surface area contributed by atoms with Gasteiger partial charge in [0, 0.05) is 23.7 Å². The minimum atomic E-state index is -0.492. The number of hydrogen-bond donors (Lipinski definition) is 1. The molecule has 0 aliphatic carbocycles. The Balaban J connectivity index is 1.72. The largest absolute Gasteiger partial charge is 0.450 e. The van der Waals surface area contributed by atoms with Crippen LogP contribution in [0, 0.1) is 25.2 Å². The average molecular weight is 376 g/mol. The molecule has 3 rings (SSSR count). The fraction of sp³-hybridized carbons (Fsp3) is 0.100. The fourth-order valence-electron chi connectivity index (χ4n) is 2.16. The molecule has 7 heteroatoms. The molecule has 0 unspecified atom stereocenters. The zero-order chi connectivity index (χ0) is 19.2. The number of hydrogen-bond acceptors (Lipinski definition) is 6. The smallest absolute Gasteiger partial charge is 0.266 e. The number of benzene rings is 1. The molecule has 2 aromatic heterocycles. The number of rotatable bonds is 5. The van der Waals surface area contributed by atoms with Crippen LogP contribution in [0.5, 0.6) is 0 Å². The van der Waals surface area contributed by atoms with Gasteiger partial charge in [-0.3, -0.25) is 4.79 Å². The molecule has 6 nitrogen and oxygen atoms in total. The molecular formula is C20H16N4O2S. The highest BCUT2D eigenvalue weighted by molar-refractivity contribution is 7.99. The maximum Gasteiger partial charge on any atom is 0.266 e. The molecule has 2 heterocycles. The Kier molecular flexibility index (Phi) is 5.69. The molecule has 0 fully saturated rings. The van der Waals surface area contributed by atoms with Gasteiger partial charge in [0.15, 0.2) is 10.2 Å². The zero-order valence-corrected chi connectivity index (χ0v) is 15.6. The van der Waals surface area contributed by atoms with E-state index in [2.05, 4.69) is 15.3 Å². The van der Waals surface area contributed by atoms with Gasteiger partial charge in [-0.15, -0.1) is 0 Å². The molecule has 27 heavy (non-hydrogen) atoms. The number of nitrogens with one attached hydrogen (secondary N) is 1. The van der Waals surface area contributed by atoms with Crippen molar-refractivity contribution in [3.05, 3.63) is 71.3 Å². The first-order valence-corrected chi connectivity index (χ1v) is 8.92. The van der Waals surface area contributed by atoms with Crippen LogP contribution in [0.1, 0.15) is 17.0 Å². The summed E-state index contributed by atoms with van der Waals surface area (Å²) in [4.78, 5) is 20.8. The summed E-state index contributed by atoms with van der Waals surface area (Å²) in [6.07, 6.45) is 3.09. The van der Waals surface area contributed by atoms with Crippen LogP contribution in [0.25, 0.3) is 6.08 Å². The molecule has 0 radical (unpaired) electrons. The second kappa shape index (κ2) is 8.34. The molecule has 3 aromatic rings. The van der Waals surface area contributed by atoms with Gasteiger partial charge >= 0.3 is 0 Å². The standard InChI is InChI=1S/C20H16N4O2S/c1-13-3-5-16(6-4-13)24-19(25)15(12-21)11-17-7-8-18(26-17)27-20-22-10-9-14(2)23-20/h3-11H,1-2H3,(H,24,25)/b15-11+. The summed E-state index contributed by atoms with van der Waals surface area (Å²) < 4.78 is 5.65. The third kappa shape index (κ3) is 5.06. The number of carbonyl (C=O) groups excluding carboxylic acids is 1. The van der Waals surface area contributed by atoms with E-state index in [0.717, 1.165) is 11.3 Å². The van der Waals surface area contributed by atoms with E-state index in [1.807, 2.05) is 38.1 Å². The summed E-state index contributed by atoms with van der Waals surface area (Å²) in [5.74, 6) is -0.0882. The summed E-state index contributed by atoms with van der Waals surface area (Å²) in [6.45, 7) is 3.84. The molecular weight excluding hydrogens is 360 g/mol. The SMILES string of the molecule is Cc1ccc(NC(=O)/C(C#N)=C/c2ccc(Sc3nccc(C)n3)o2)cc1. The van der Waals surface area contributed by atoms with Crippen LogP contribution >= 0.6 is 11.8 Å². The predicted octanol–water partition coefficient (Wildman–Crippen LogP) is 4.38. The van der Waals surface area contributed by atoms with Crippen molar-refractivity contribution in [3.63, 3.8) is 0 Å². The van der Waals surface area contributed by atoms with Crippen LogP contribution in [-0.2, 0) is 4.79 Å². The van der Waals surface area contributed by atoms with Crippen LogP contribution in [0.2, 0.25) is 0 Å². The first-order valence-electron chi connectivity index (χ1n) is 8.10. The lowest BCUT2D eigenvalue weighted by Crippen LogP contribution is -2.13. The maximum absolute atomic E-state index is 12.3. The van der Waals surface area contributed by atoms with Gasteiger partial charge in [-0.25, -0.2) is 9.97 Å². The van der Waals surface area contributed by atoms with Gasteiger partial charge in [0.05, 0.1) is 0 Å². The number of nitriles is 1. The average Bonchev–Trinajstić information content (AvgIpc) is 3.08. The lowest BCUT2D eigenvalue weighted by molar-refractivity contribution is -0.112. The number of amides is 1. The van der Waals surface area contributed by atoms with Gasteiger partial charge in [-0.1, -0.05) is 17.7 Å². The molecule has 1 N–H and O–H groups in total. The Bertz CT molecular complexity index is 1030. The zero-order valence-electron chi connectivity index (χ0n) is 14.8. The van der Waals surface area contributed by atoms with Crippen molar-refractivity contribution in [3.8, 4) is 6.07 Å². The topological polar surface area (TPSA) is 91.8 Å². The van der Waals surface area contributed by atoms with E-state index in [9.17, 15) is 10.1 Å². The third-order valence-corrected chi connectivity index (χ3v) is 4.33. The third-order valence-electron chi connectivity index (χ3n) is 3.53. The minimum absolute atomic E-state index is 0.0479. The summed E-state index contributed by atoms with van der Waals surface area (Å²) >= 11 is 1.27. The number of anilines is 1. The van der Waals surface area contributed by atoms with Gasteiger partial charge in [0.25, 0.3) is 5.91 Å². The number of furan rings is 1. The van der Waals surface area contributed by atoms with Gasteiger partial charge in [0.2, 0.25) is 0 Å². The highest BCUT2D eigenvalue weighted by Crippen LogP contribution is 2.27. The molecule has 134 valence electrons. The monoisotopic (exact) mass is 376 g/mol. The van der Waals surface area contributed by atoms with E-state index in [1.54, 1.807) is 30.5 Å². The quantitative estimate of drug-likeness (QED) is 0.403. The maximum atomic E-state index is 12.3. The second-order valence-corrected chi connectivity index (χ2v) is 6.70. The van der Waals surface area contributed by atoms with Crippen molar-refractivity contribution in [2.45, 2.75) is 24.1 Å². The predicted molar refractivity (Wildman–Crippen MR) is 103 cm³/mol. The summed E-state index contributed by atoms with van der Waals surface area (Å²) in [5.41, 5.74) is 2.52. The Morgan fingerprint density at radius 2 is 1.96 bits per heavy atom. The van der Waals surface area contributed by atoms with E-state index >= 15 is 0 Å². The molecule has 0 atom stereocenters. The van der Waals surface area contributed by atoms with E-state index in [4.69, 9.17) is 4.42 Å². The van der Waals surface area contributed by atoms with Crippen LogP contribution < -0.4 is 5.32 Å². The Hall–Kier alpha value is -3.37. The van der Waals surface area contributed by atoms with Crippen LogP contribution in [0.4, 0.5) is 5.69 Å². The Labute approximate surface area is 161 Å². The van der Waals surface area contributed by atoms with Gasteiger partial charge < -0.3 is 9.73 Å². The Morgan fingerprint density at radius 1 is 1.19 bits per heavy atom. The molecule has 1 amide bonds. The van der Waals surface area contributed by atoms with Gasteiger partial charge in [0.1, 0.15) is 17.4 Å². The lowest BCUT2D eigenvalue weighted by Gasteiger charge is -2.04. The highest BCUT2D eigenvalue weighted by atomic mass is 32.2. The normalized spacial score (nSPS) is 11.1. The molecule has 1 aromatic carbocycles. The van der Waals surface area contributed by atoms with E-state index < -0.39 is 5.91 Å². The number of aromatic nitrogens is 2. The summed E-state index contributed by atoms with van der Waals surface area (Å²) in [5, 5.41) is 13.1. The van der Waals surface area contributed by atoms with Crippen LogP contribution in [0.15, 0.2) is 68.9 Å². The van der Waals surface area contributed by atoms with Gasteiger partial charge in [-0.05, 0) is 55.9 Å². The highest BCUT2D eigenvalue weighted by Gasteiger charge is 2.12. The van der Waals surface area contributed by atoms with Crippen LogP contribution in [-0.4, -0.2) is 15.9 Å². The summed E-state index contributed by atoms with van der Waals surface area (Å²) in [7, 11) is 0.